The smallest absolute Gasteiger partial charge is 0.0880 e. The lowest BCUT2D eigenvalue weighted by Gasteiger charge is -2.13. The van der Waals surface area contributed by atoms with Gasteiger partial charge in [0, 0.05) is 60.2 Å². The summed E-state index contributed by atoms with van der Waals surface area (Å²) in [5, 5.41) is 15.1. The predicted octanol–water partition coefficient (Wildman–Crippen LogP) is 14.8. The molecule has 9 aromatic carbocycles. The second-order valence-electron chi connectivity index (χ2n) is 15.1. The number of hydrogen-bond donors (Lipinski definition) is 0. The van der Waals surface area contributed by atoms with Gasteiger partial charge in [-0.05, 0) is 86.9 Å². The van der Waals surface area contributed by atoms with Crippen LogP contribution in [-0.2, 0) is 0 Å². The SMILES string of the molecule is c1ccc(-n2c3ccccc3c3ccc4c5ccccc5n(-c5ccc6sc7c(-c8ccc9c%10ccccc%10c%10ccccc%10c9c8)nccc7c6c5)c4c32)cc1. The molecule has 0 saturated heterocycles. The summed E-state index contributed by atoms with van der Waals surface area (Å²) in [6.07, 6.45) is 1.99. The number of hydrogen-bond acceptors (Lipinski definition) is 2. The van der Waals surface area contributed by atoms with Gasteiger partial charge < -0.3 is 9.13 Å². The maximum Gasteiger partial charge on any atom is 0.0880 e. The molecule has 0 N–H and O–H groups in total. The number of thiophene rings is 1. The average Bonchev–Trinajstić information content (AvgIpc) is 3.94. The highest BCUT2D eigenvalue weighted by molar-refractivity contribution is 7.26. The number of aromatic nitrogens is 3. The van der Waals surface area contributed by atoms with Gasteiger partial charge >= 0.3 is 0 Å². The topological polar surface area (TPSA) is 22.8 Å². The Bertz CT molecular complexity index is 3770. The Morgan fingerprint density at radius 1 is 0.351 bits per heavy atom. The minimum absolute atomic E-state index is 1.03. The lowest BCUT2D eigenvalue weighted by atomic mass is 9.93. The number of pyridine rings is 1. The molecular formula is C53H31N3S. The molecule has 0 radical (unpaired) electrons. The molecule has 0 aliphatic carbocycles. The van der Waals surface area contributed by atoms with Crippen LogP contribution in [0.1, 0.15) is 0 Å². The molecule has 0 amide bonds. The molecule has 0 atom stereocenters. The zero-order valence-corrected chi connectivity index (χ0v) is 31.5. The maximum atomic E-state index is 5.07. The summed E-state index contributed by atoms with van der Waals surface area (Å²) in [7, 11) is 0. The molecule has 13 rings (SSSR count). The highest BCUT2D eigenvalue weighted by atomic mass is 32.1. The molecule has 4 aromatic heterocycles. The first-order valence-electron chi connectivity index (χ1n) is 19.5. The van der Waals surface area contributed by atoms with Crippen LogP contribution in [0.3, 0.4) is 0 Å². The van der Waals surface area contributed by atoms with Crippen molar-refractivity contribution in [2.24, 2.45) is 0 Å². The van der Waals surface area contributed by atoms with Gasteiger partial charge in [0.2, 0.25) is 0 Å². The molecule has 0 saturated carbocycles. The van der Waals surface area contributed by atoms with Gasteiger partial charge in [0.05, 0.1) is 32.5 Å². The van der Waals surface area contributed by atoms with E-state index in [1.54, 1.807) is 0 Å². The zero-order valence-electron chi connectivity index (χ0n) is 30.6. The summed E-state index contributed by atoms with van der Waals surface area (Å²) in [4.78, 5) is 5.07. The van der Waals surface area contributed by atoms with E-state index >= 15 is 0 Å². The first-order chi connectivity index (χ1) is 28.3. The molecule has 4 heteroatoms. The van der Waals surface area contributed by atoms with E-state index in [4.69, 9.17) is 4.98 Å². The van der Waals surface area contributed by atoms with Crippen molar-refractivity contribution >= 4 is 107 Å². The van der Waals surface area contributed by atoms with Crippen LogP contribution < -0.4 is 0 Å². The molecule has 0 aliphatic heterocycles. The van der Waals surface area contributed by atoms with Crippen molar-refractivity contribution in [3.05, 3.63) is 188 Å². The standard InChI is InChI=1S/C53H31N3S/c1-2-12-33(13-3-1)55-47-20-10-8-18-40(47)42-25-26-43-41-19-9-11-21-48(41)56(52(43)51(42)55)34-23-27-49-46(31-34)44-28-29-54-50(53(44)57-49)32-22-24-39-37-16-5-4-14-35(37)36-15-6-7-17-38(36)45(39)30-32/h1-31H. The summed E-state index contributed by atoms with van der Waals surface area (Å²) in [6, 6.07) is 66.8. The number of para-hydroxylation sites is 3. The van der Waals surface area contributed by atoms with Crippen LogP contribution in [0, 0.1) is 0 Å². The van der Waals surface area contributed by atoms with Crippen molar-refractivity contribution in [3.63, 3.8) is 0 Å². The van der Waals surface area contributed by atoms with E-state index in [9.17, 15) is 0 Å². The van der Waals surface area contributed by atoms with E-state index in [0.717, 1.165) is 22.6 Å². The van der Waals surface area contributed by atoms with Crippen LogP contribution in [0.4, 0.5) is 0 Å². The first-order valence-corrected chi connectivity index (χ1v) is 20.3. The van der Waals surface area contributed by atoms with Gasteiger partial charge in [0.1, 0.15) is 0 Å². The number of nitrogens with zero attached hydrogens (tertiary/aromatic N) is 3. The summed E-state index contributed by atoms with van der Waals surface area (Å²) >= 11 is 1.84. The molecule has 0 bridgehead atoms. The van der Waals surface area contributed by atoms with Crippen LogP contribution in [0.15, 0.2) is 188 Å². The third-order valence-corrected chi connectivity index (χ3v) is 13.3. The Hall–Kier alpha value is -7.27. The number of benzene rings is 9. The van der Waals surface area contributed by atoms with E-state index in [-0.39, 0.29) is 0 Å². The van der Waals surface area contributed by atoms with E-state index in [0.29, 0.717) is 0 Å². The highest BCUT2D eigenvalue weighted by Crippen LogP contribution is 2.45. The van der Waals surface area contributed by atoms with E-state index in [1.807, 2.05) is 17.5 Å². The Morgan fingerprint density at radius 2 is 0.877 bits per heavy atom. The van der Waals surface area contributed by atoms with E-state index in [2.05, 4.69) is 191 Å². The fraction of sp³-hybridized carbons (Fsp3) is 0. The van der Waals surface area contributed by atoms with Gasteiger partial charge in [-0.25, -0.2) is 0 Å². The van der Waals surface area contributed by atoms with Crippen LogP contribution in [0.2, 0.25) is 0 Å². The van der Waals surface area contributed by atoms with Gasteiger partial charge in [-0.15, -0.1) is 11.3 Å². The number of fused-ring (bicyclic) bond motifs is 16. The summed E-state index contributed by atoms with van der Waals surface area (Å²) in [5.41, 5.74) is 9.30. The normalized spacial score (nSPS) is 12.2. The second kappa shape index (κ2) is 11.6. The highest BCUT2D eigenvalue weighted by Gasteiger charge is 2.22. The van der Waals surface area contributed by atoms with Crippen LogP contribution >= 0.6 is 11.3 Å². The maximum absolute atomic E-state index is 5.07. The van der Waals surface area contributed by atoms with Crippen molar-refractivity contribution in [1.82, 2.24) is 14.1 Å². The molecule has 264 valence electrons. The zero-order chi connectivity index (χ0) is 37.2. The van der Waals surface area contributed by atoms with Crippen molar-refractivity contribution in [3.8, 4) is 22.6 Å². The van der Waals surface area contributed by atoms with Gasteiger partial charge in [0.25, 0.3) is 0 Å². The Kier molecular flexibility index (Phi) is 6.32. The quantitative estimate of drug-likeness (QED) is 0.165. The molecular weight excluding hydrogens is 711 g/mol. The lowest BCUT2D eigenvalue weighted by molar-refractivity contribution is 1.15. The molecule has 3 nitrogen and oxygen atoms in total. The van der Waals surface area contributed by atoms with Crippen molar-refractivity contribution in [2.45, 2.75) is 0 Å². The fourth-order valence-corrected chi connectivity index (χ4v) is 10.9. The Balaban J connectivity index is 1.07. The van der Waals surface area contributed by atoms with Gasteiger partial charge in [-0.2, -0.15) is 0 Å². The molecule has 0 aliphatic rings. The van der Waals surface area contributed by atoms with Crippen LogP contribution in [-0.4, -0.2) is 14.1 Å². The largest absolute Gasteiger partial charge is 0.307 e. The minimum atomic E-state index is 1.03. The first kappa shape index (κ1) is 31.0. The monoisotopic (exact) mass is 741 g/mol. The van der Waals surface area contributed by atoms with Crippen molar-refractivity contribution in [1.29, 1.82) is 0 Å². The van der Waals surface area contributed by atoms with Gasteiger partial charge in [-0.1, -0.05) is 127 Å². The fourth-order valence-electron chi connectivity index (χ4n) is 9.70. The lowest BCUT2D eigenvalue weighted by Crippen LogP contribution is -1.98. The number of rotatable bonds is 3. The average molecular weight is 742 g/mol. The molecule has 0 spiro atoms. The van der Waals surface area contributed by atoms with Crippen molar-refractivity contribution < 1.29 is 0 Å². The third-order valence-electron chi connectivity index (χ3n) is 12.1. The Labute approximate surface area is 330 Å². The second-order valence-corrected chi connectivity index (χ2v) is 16.1. The van der Waals surface area contributed by atoms with Crippen LogP contribution in [0.25, 0.3) is 119 Å². The van der Waals surface area contributed by atoms with Gasteiger partial charge in [0.15, 0.2) is 0 Å². The summed E-state index contributed by atoms with van der Waals surface area (Å²) in [6.45, 7) is 0. The summed E-state index contributed by atoms with van der Waals surface area (Å²) < 4.78 is 7.41. The predicted molar refractivity (Wildman–Crippen MR) is 244 cm³/mol. The molecule has 57 heavy (non-hydrogen) atoms. The molecule has 4 heterocycles. The minimum Gasteiger partial charge on any atom is -0.307 e. The molecule has 0 fully saturated rings. The Morgan fingerprint density at radius 3 is 1.53 bits per heavy atom. The van der Waals surface area contributed by atoms with Crippen LogP contribution in [0.5, 0.6) is 0 Å². The van der Waals surface area contributed by atoms with Crippen molar-refractivity contribution in [2.75, 3.05) is 0 Å². The molecule has 13 aromatic rings. The van der Waals surface area contributed by atoms with E-state index in [1.165, 1.54) is 96.1 Å². The third kappa shape index (κ3) is 4.28. The van der Waals surface area contributed by atoms with E-state index < -0.39 is 0 Å². The molecule has 0 unspecified atom stereocenters. The van der Waals surface area contributed by atoms with Gasteiger partial charge in [-0.3, -0.25) is 4.98 Å². The summed E-state index contributed by atoms with van der Waals surface area (Å²) in [5.74, 6) is 0.